The van der Waals surface area contributed by atoms with E-state index in [1.807, 2.05) is 13.8 Å². The largest absolute Gasteiger partial charge is 0.450 e. The highest BCUT2D eigenvalue weighted by Gasteiger charge is 2.07. The molecular weight excluding hydrogens is 158 g/mol. The lowest BCUT2D eigenvalue weighted by atomic mass is 10.0. The van der Waals surface area contributed by atoms with E-state index < -0.39 is 12.2 Å². The van der Waals surface area contributed by atoms with E-state index in [1.165, 1.54) is 0 Å². The number of rotatable bonds is 5. The van der Waals surface area contributed by atoms with Gasteiger partial charge in [0.25, 0.3) is 0 Å². The molecule has 12 heavy (non-hydrogen) atoms. The Morgan fingerprint density at radius 2 is 2.17 bits per heavy atom. The summed E-state index contributed by atoms with van der Waals surface area (Å²) in [6.07, 6.45) is -0.000398. The van der Waals surface area contributed by atoms with Crippen LogP contribution in [0.15, 0.2) is 0 Å². The van der Waals surface area contributed by atoms with Gasteiger partial charge in [0.1, 0.15) is 0 Å². The van der Waals surface area contributed by atoms with E-state index in [9.17, 15) is 9.90 Å². The third kappa shape index (κ3) is 7.34. The molecule has 4 heteroatoms. The molecule has 0 heterocycles. The van der Waals surface area contributed by atoms with E-state index in [0.29, 0.717) is 12.3 Å². The third-order valence-electron chi connectivity index (χ3n) is 1.44. The van der Waals surface area contributed by atoms with Crippen molar-refractivity contribution in [1.82, 2.24) is 0 Å². The maximum Gasteiger partial charge on any atom is 0.404 e. The molecule has 0 aliphatic carbocycles. The Kier molecular flexibility index (Phi) is 5.45. The molecule has 1 amide bonds. The molecule has 0 saturated heterocycles. The molecule has 0 aliphatic rings. The Labute approximate surface area is 72.7 Å². The highest BCUT2D eigenvalue weighted by atomic mass is 16.5. The molecule has 0 bridgehead atoms. The van der Waals surface area contributed by atoms with E-state index in [0.717, 1.165) is 6.42 Å². The molecule has 0 rings (SSSR count). The van der Waals surface area contributed by atoms with Crippen LogP contribution >= 0.6 is 0 Å². The zero-order valence-electron chi connectivity index (χ0n) is 7.62. The summed E-state index contributed by atoms with van der Waals surface area (Å²) < 4.78 is 4.47. The van der Waals surface area contributed by atoms with Crippen LogP contribution in [-0.4, -0.2) is 23.9 Å². The van der Waals surface area contributed by atoms with E-state index in [4.69, 9.17) is 5.73 Å². The van der Waals surface area contributed by atoms with Crippen molar-refractivity contribution < 1.29 is 14.6 Å². The number of nitrogens with two attached hydrogens (primary N) is 1. The van der Waals surface area contributed by atoms with E-state index in [-0.39, 0.29) is 6.61 Å². The van der Waals surface area contributed by atoms with Crippen LogP contribution in [0, 0.1) is 5.92 Å². The van der Waals surface area contributed by atoms with Gasteiger partial charge < -0.3 is 15.6 Å². The SMILES string of the molecule is CC(C)CC(O)CCOC(N)=O. The molecule has 0 aromatic heterocycles. The van der Waals surface area contributed by atoms with E-state index in [1.54, 1.807) is 0 Å². The molecule has 0 aromatic rings. The number of hydrogen-bond donors (Lipinski definition) is 2. The molecular formula is C8H17NO3. The lowest BCUT2D eigenvalue weighted by Gasteiger charge is -2.11. The highest BCUT2D eigenvalue weighted by Crippen LogP contribution is 2.07. The Bertz CT molecular complexity index is 136. The monoisotopic (exact) mass is 175 g/mol. The van der Waals surface area contributed by atoms with Gasteiger partial charge in [-0.05, 0) is 12.3 Å². The van der Waals surface area contributed by atoms with Crippen LogP contribution < -0.4 is 5.73 Å². The minimum atomic E-state index is -0.785. The van der Waals surface area contributed by atoms with Crippen molar-refractivity contribution >= 4 is 6.09 Å². The van der Waals surface area contributed by atoms with Gasteiger partial charge in [-0.3, -0.25) is 0 Å². The van der Waals surface area contributed by atoms with Gasteiger partial charge in [-0.25, -0.2) is 4.79 Å². The molecule has 0 fully saturated rings. The van der Waals surface area contributed by atoms with Crippen molar-refractivity contribution in [3.63, 3.8) is 0 Å². The Balaban J connectivity index is 3.31. The number of hydrogen-bond acceptors (Lipinski definition) is 3. The molecule has 0 aliphatic heterocycles. The predicted molar refractivity (Wildman–Crippen MR) is 45.6 cm³/mol. The average molecular weight is 175 g/mol. The van der Waals surface area contributed by atoms with Gasteiger partial charge >= 0.3 is 6.09 Å². The van der Waals surface area contributed by atoms with E-state index in [2.05, 4.69) is 4.74 Å². The van der Waals surface area contributed by atoms with Crippen molar-refractivity contribution in [2.75, 3.05) is 6.61 Å². The summed E-state index contributed by atoms with van der Waals surface area (Å²) >= 11 is 0. The maximum atomic E-state index is 10.1. The van der Waals surface area contributed by atoms with Crippen LogP contribution in [0.3, 0.4) is 0 Å². The van der Waals surface area contributed by atoms with Gasteiger partial charge in [0.2, 0.25) is 0 Å². The topological polar surface area (TPSA) is 72.6 Å². The molecule has 1 unspecified atom stereocenters. The molecule has 0 radical (unpaired) electrons. The van der Waals surface area contributed by atoms with Crippen molar-refractivity contribution in [2.45, 2.75) is 32.8 Å². The van der Waals surface area contributed by atoms with Gasteiger partial charge in [0.15, 0.2) is 0 Å². The van der Waals surface area contributed by atoms with Crippen LogP contribution in [-0.2, 0) is 4.74 Å². The molecule has 3 N–H and O–H groups in total. The fourth-order valence-electron chi connectivity index (χ4n) is 0.958. The number of aliphatic hydroxyl groups is 1. The molecule has 72 valence electrons. The van der Waals surface area contributed by atoms with Crippen LogP contribution in [0.25, 0.3) is 0 Å². The molecule has 0 spiro atoms. The normalized spacial score (nSPS) is 13.0. The molecule has 1 atom stereocenters. The number of carbonyl (C=O) groups is 1. The number of amides is 1. The van der Waals surface area contributed by atoms with Crippen LogP contribution in [0.2, 0.25) is 0 Å². The number of ether oxygens (including phenoxy) is 1. The smallest absolute Gasteiger partial charge is 0.404 e. The van der Waals surface area contributed by atoms with Crippen LogP contribution in [0.5, 0.6) is 0 Å². The Hall–Kier alpha value is -0.770. The number of primary amides is 1. The second kappa shape index (κ2) is 5.83. The minimum absolute atomic E-state index is 0.198. The van der Waals surface area contributed by atoms with Crippen molar-refractivity contribution in [3.8, 4) is 0 Å². The number of carbonyl (C=O) groups excluding carboxylic acids is 1. The summed E-state index contributed by atoms with van der Waals surface area (Å²) in [6.45, 7) is 4.25. The second-order valence-corrected chi connectivity index (χ2v) is 3.24. The zero-order chi connectivity index (χ0) is 9.56. The lowest BCUT2D eigenvalue weighted by Crippen LogP contribution is -2.18. The Morgan fingerprint density at radius 3 is 2.58 bits per heavy atom. The lowest BCUT2D eigenvalue weighted by molar-refractivity contribution is 0.0980. The zero-order valence-corrected chi connectivity index (χ0v) is 7.62. The van der Waals surface area contributed by atoms with Crippen molar-refractivity contribution in [1.29, 1.82) is 0 Å². The van der Waals surface area contributed by atoms with Crippen molar-refractivity contribution in [2.24, 2.45) is 11.7 Å². The third-order valence-corrected chi connectivity index (χ3v) is 1.44. The standard InChI is InChI=1S/C8H17NO3/c1-6(2)5-7(10)3-4-12-8(9)11/h6-7,10H,3-5H2,1-2H3,(H2,9,11). The number of aliphatic hydroxyl groups excluding tert-OH is 1. The highest BCUT2D eigenvalue weighted by molar-refractivity contribution is 5.64. The van der Waals surface area contributed by atoms with Gasteiger partial charge in [0, 0.05) is 6.42 Å². The summed E-state index contributed by atoms with van der Waals surface area (Å²) in [6, 6.07) is 0. The summed E-state index contributed by atoms with van der Waals surface area (Å²) in [5, 5.41) is 9.30. The van der Waals surface area contributed by atoms with Gasteiger partial charge in [-0.15, -0.1) is 0 Å². The summed E-state index contributed by atoms with van der Waals surface area (Å²) in [4.78, 5) is 10.1. The second-order valence-electron chi connectivity index (χ2n) is 3.24. The van der Waals surface area contributed by atoms with Gasteiger partial charge in [-0.1, -0.05) is 13.8 Å². The van der Waals surface area contributed by atoms with Crippen LogP contribution in [0.1, 0.15) is 26.7 Å². The fraction of sp³-hybridized carbons (Fsp3) is 0.875. The summed E-state index contributed by atoms with van der Waals surface area (Å²) in [5.74, 6) is 0.452. The average Bonchev–Trinajstić information content (AvgIpc) is 1.84. The molecule has 0 saturated carbocycles. The van der Waals surface area contributed by atoms with Gasteiger partial charge in [0.05, 0.1) is 12.7 Å². The Morgan fingerprint density at radius 1 is 1.58 bits per heavy atom. The minimum Gasteiger partial charge on any atom is -0.450 e. The van der Waals surface area contributed by atoms with Gasteiger partial charge in [-0.2, -0.15) is 0 Å². The fourth-order valence-corrected chi connectivity index (χ4v) is 0.958. The van der Waals surface area contributed by atoms with Crippen molar-refractivity contribution in [3.05, 3.63) is 0 Å². The maximum absolute atomic E-state index is 10.1. The summed E-state index contributed by atoms with van der Waals surface area (Å²) in [7, 11) is 0. The first kappa shape index (κ1) is 11.2. The molecule has 4 nitrogen and oxygen atoms in total. The first-order valence-corrected chi connectivity index (χ1v) is 4.12. The quantitative estimate of drug-likeness (QED) is 0.651. The first-order chi connectivity index (χ1) is 5.52. The predicted octanol–water partition coefficient (Wildman–Crippen LogP) is 0.879. The van der Waals surface area contributed by atoms with Crippen LogP contribution in [0.4, 0.5) is 4.79 Å². The first-order valence-electron chi connectivity index (χ1n) is 4.12. The summed E-state index contributed by atoms with van der Waals surface area (Å²) in [5.41, 5.74) is 4.74. The van der Waals surface area contributed by atoms with E-state index >= 15 is 0 Å². The molecule has 0 aromatic carbocycles.